The first kappa shape index (κ1) is 13.8. The van der Waals surface area contributed by atoms with Crippen molar-refractivity contribution in [1.29, 1.82) is 0 Å². The standard InChI is InChI=1S/C14H13ClN2OS/c1-9-10(15)5-4-7-11(9)16-14(18)17-12-6-2-3-8-13(12)19/h2-8,19H,1H3,(H2,16,17,18). The molecule has 0 atom stereocenters. The van der Waals surface area contributed by atoms with E-state index in [9.17, 15) is 4.79 Å². The van der Waals surface area contributed by atoms with E-state index in [4.69, 9.17) is 11.6 Å². The summed E-state index contributed by atoms with van der Waals surface area (Å²) in [4.78, 5) is 12.6. The highest BCUT2D eigenvalue weighted by atomic mass is 35.5. The largest absolute Gasteiger partial charge is 0.323 e. The normalized spacial score (nSPS) is 10.1. The minimum Gasteiger partial charge on any atom is -0.307 e. The Hall–Kier alpha value is -1.65. The van der Waals surface area contributed by atoms with Gasteiger partial charge in [0.25, 0.3) is 0 Å². The molecule has 2 N–H and O–H groups in total. The van der Waals surface area contributed by atoms with Crippen LogP contribution >= 0.6 is 24.2 Å². The second-order valence-electron chi connectivity index (χ2n) is 4.01. The Labute approximate surface area is 122 Å². The molecule has 3 nitrogen and oxygen atoms in total. The first-order valence-corrected chi connectivity index (χ1v) is 6.51. The predicted octanol–water partition coefficient (Wildman–Crippen LogP) is 4.58. The topological polar surface area (TPSA) is 41.1 Å². The number of para-hydroxylation sites is 1. The highest BCUT2D eigenvalue weighted by Crippen LogP contribution is 2.23. The molecule has 19 heavy (non-hydrogen) atoms. The van der Waals surface area contributed by atoms with Crippen LogP contribution < -0.4 is 10.6 Å². The second kappa shape index (κ2) is 5.99. The lowest BCUT2D eigenvalue weighted by Gasteiger charge is -2.11. The third-order valence-electron chi connectivity index (χ3n) is 2.67. The number of nitrogens with one attached hydrogen (secondary N) is 2. The molecule has 0 aliphatic heterocycles. The third kappa shape index (κ3) is 3.43. The number of rotatable bonds is 2. The average Bonchev–Trinajstić information content (AvgIpc) is 2.38. The highest BCUT2D eigenvalue weighted by molar-refractivity contribution is 7.80. The van der Waals surface area contributed by atoms with Gasteiger partial charge in [0, 0.05) is 15.6 Å². The zero-order valence-corrected chi connectivity index (χ0v) is 11.9. The minimum absolute atomic E-state index is 0.327. The summed E-state index contributed by atoms with van der Waals surface area (Å²) in [5.74, 6) is 0. The summed E-state index contributed by atoms with van der Waals surface area (Å²) in [5, 5.41) is 6.11. The number of benzene rings is 2. The van der Waals surface area contributed by atoms with Crippen molar-refractivity contribution in [1.82, 2.24) is 0 Å². The van der Waals surface area contributed by atoms with Crippen molar-refractivity contribution in [2.45, 2.75) is 11.8 Å². The molecular formula is C14H13ClN2OS. The number of hydrogen-bond acceptors (Lipinski definition) is 2. The van der Waals surface area contributed by atoms with Crippen LogP contribution in [-0.4, -0.2) is 6.03 Å². The van der Waals surface area contributed by atoms with E-state index in [1.807, 2.05) is 25.1 Å². The number of hydrogen-bond donors (Lipinski definition) is 3. The number of amides is 2. The lowest BCUT2D eigenvalue weighted by molar-refractivity contribution is 0.262. The minimum atomic E-state index is -0.327. The van der Waals surface area contributed by atoms with Gasteiger partial charge in [-0.2, -0.15) is 0 Å². The molecule has 98 valence electrons. The number of carbonyl (C=O) groups is 1. The van der Waals surface area contributed by atoms with Crippen LogP contribution in [0.1, 0.15) is 5.56 Å². The van der Waals surface area contributed by atoms with E-state index in [0.29, 0.717) is 21.3 Å². The highest BCUT2D eigenvalue weighted by Gasteiger charge is 2.07. The summed E-state index contributed by atoms with van der Waals surface area (Å²) in [6.07, 6.45) is 0. The summed E-state index contributed by atoms with van der Waals surface area (Å²) >= 11 is 10.3. The fourth-order valence-electron chi connectivity index (χ4n) is 1.60. The molecule has 0 spiro atoms. The molecule has 2 aromatic carbocycles. The van der Waals surface area contributed by atoms with Crippen LogP contribution in [0.15, 0.2) is 47.4 Å². The number of thiol groups is 1. The Morgan fingerprint density at radius 3 is 2.42 bits per heavy atom. The number of halogens is 1. The van der Waals surface area contributed by atoms with Crippen molar-refractivity contribution >= 4 is 41.6 Å². The molecule has 0 bridgehead atoms. The summed E-state index contributed by atoms with van der Waals surface area (Å²) in [6.45, 7) is 1.85. The van der Waals surface area contributed by atoms with Crippen LogP contribution in [0, 0.1) is 6.92 Å². The van der Waals surface area contributed by atoms with Crippen molar-refractivity contribution in [2.24, 2.45) is 0 Å². The van der Waals surface area contributed by atoms with E-state index in [2.05, 4.69) is 23.3 Å². The van der Waals surface area contributed by atoms with Gasteiger partial charge in [-0.15, -0.1) is 12.6 Å². The van der Waals surface area contributed by atoms with E-state index in [1.165, 1.54) is 0 Å². The molecule has 5 heteroatoms. The Morgan fingerprint density at radius 1 is 1.05 bits per heavy atom. The molecule has 0 aliphatic carbocycles. The van der Waals surface area contributed by atoms with Crippen molar-refractivity contribution in [2.75, 3.05) is 10.6 Å². The Bertz CT molecular complexity index is 616. The molecule has 2 aromatic rings. The molecule has 0 aromatic heterocycles. The molecule has 2 amide bonds. The van der Waals surface area contributed by atoms with Crippen molar-refractivity contribution < 1.29 is 4.79 Å². The lowest BCUT2D eigenvalue weighted by atomic mass is 10.2. The fourth-order valence-corrected chi connectivity index (χ4v) is 1.99. The summed E-state index contributed by atoms with van der Waals surface area (Å²) in [6, 6.07) is 12.3. The molecule has 0 heterocycles. The fraction of sp³-hybridized carbons (Fsp3) is 0.0714. The molecule has 0 fully saturated rings. The van der Waals surface area contributed by atoms with Gasteiger partial charge in [0.2, 0.25) is 0 Å². The molecule has 0 unspecified atom stereocenters. The van der Waals surface area contributed by atoms with Crippen LogP contribution in [0.25, 0.3) is 0 Å². The van der Waals surface area contributed by atoms with Crippen LogP contribution in [0.3, 0.4) is 0 Å². The first-order chi connectivity index (χ1) is 9.08. The van der Waals surface area contributed by atoms with Gasteiger partial charge in [0.15, 0.2) is 0 Å². The third-order valence-corrected chi connectivity index (χ3v) is 3.47. The van der Waals surface area contributed by atoms with Gasteiger partial charge in [0.05, 0.1) is 5.69 Å². The van der Waals surface area contributed by atoms with E-state index in [1.54, 1.807) is 24.3 Å². The van der Waals surface area contributed by atoms with Crippen LogP contribution in [-0.2, 0) is 0 Å². The van der Waals surface area contributed by atoms with E-state index in [0.717, 1.165) is 5.56 Å². The van der Waals surface area contributed by atoms with Gasteiger partial charge < -0.3 is 10.6 Å². The predicted molar refractivity (Wildman–Crippen MR) is 82.5 cm³/mol. The van der Waals surface area contributed by atoms with Gasteiger partial charge >= 0.3 is 6.03 Å². The number of carbonyl (C=O) groups excluding carboxylic acids is 1. The van der Waals surface area contributed by atoms with Crippen molar-refractivity contribution in [3.05, 3.63) is 53.1 Å². The van der Waals surface area contributed by atoms with Crippen molar-refractivity contribution in [3.63, 3.8) is 0 Å². The molecular weight excluding hydrogens is 280 g/mol. The Morgan fingerprint density at radius 2 is 1.68 bits per heavy atom. The first-order valence-electron chi connectivity index (χ1n) is 5.69. The summed E-state index contributed by atoms with van der Waals surface area (Å²) in [5.41, 5.74) is 2.17. The van der Waals surface area contributed by atoms with Gasteiger partial charge in [-0.25, -0.2) is 4.79 Å². The Balaban J connectivity index is 2.10. The molecule has 0 radical (unpaired) electrons. The van der Waals surface area contributed by atoms with E-state index < -0.39 is 0 Å². The maximum atomic E-state index is 11.9. The second-order valence-corrected chi connectivity index (χ2v) is 4.90. The quantitative estimate of drug-likeness (QED) is 0.697. The van der Waals surface area contributed by atoms with Crippen LogP contribution in [0.4, 0.5) is 16.2 Å². The number of urea groups is 1. The molecule has 0 saturated heterocycles. The maximum absolute atomic E-state index is 11.9. The zero-order valence-electron chi connectivity index (χ0n) is 10.3. The number of anilines is 2. The van der Waals surface area contributed by atoms with Crippen molar-refractivity contribution in [3.8, 4) is 0 Å². The van der Waals surface area contributed by atoms with Gasteiger partial charge in [0.1, 0.15) is 0 Å². The molecule has 0 aliphatic rings. The maximum Gasteiger partial charge on any atom is 0.323 e. The van der Waals surface area contributed by atoms with E-state index >= 15 is 0 Å². The lowest BCUT2D eigenvalue weighted by Crippen LogP contribution is -2.20. The van der Waals surface area contributed by atoms with E-state index in [-0.39, 0.29) is 6.03 Å². The van der Waals surface area contributed by atoms with Crippen LogP contribution in [0.5, 0.6) is 0 Å². The molecule has 0 saturated carbocycles. The smallest absolute Gasteiger partial charge is 0.307 e. The van der Waals surface area contributed by atoms with Gasteiger partial charge in [-0.1, -0.05) is 29.8 Å². The monoisotopic (exact) mass is 292 g/mol. The zero-order chi connectivity index (χ0) is 13.8. The summed E-state index contributed by atoms with van der Waals surface area (Å²) in [7, 11) is 0. The van der Waals surface area contributed by atoms with Gasteiger partial charge in [-0.05, 0) is 36.8 Å². The van der Waals surface area contributed by atoms with Gasteiger partial charge in [-0.3, -0.25) is 0 Å². The van der Waals surface area contributed by atoms with Crippen LogP contribution in [0.2, 0.25) is 5.02 Å². The summed E-state index contributed by atoms with van der Waals surface area (Å²) < 4.78 is 0. The SMILES string of the molecule is Cc1c(Cl)cccc1NC(=O)Nc1ccccc1S. The average molecular weight is 293 g/mol. The Kier molecular flexibility index (Phi) is 4.35. The molecule has 2 rings (SSSR count).